The van der Waals surface area contributed by atoms with Crippen LogP contribution in [0.4, 0.5) is 5.69 Å². The minimum Gasteiger partial charge on any atom is -0.464 e. The molecule has 0 aromatic carbocycles. The molecule has 2 heterocycles. The molecule has 2 rings (SSSR count). The number of nitrogens with zero attached hydrogens (tertiary/aromatic N) is 2. The van der Waals surface area contributed by atoms with Gasteiger partial charge in [-0.3, -0.25) is 0 Å². The molecule has 0 fully saturated rings. The van der Waals surface area contributed by atoms with E-state index in [1.54, 1.807) is 23.6 Å². The Kier molecular flexibility index (Phi) is 4.68. The smallest absolute Gasteiger partial charge is 0.356 e. The van der Waals surface area contributed by atoms with Crippen molar-refractivity contribution in [3.8, 4) is 0 Å². The Bertz CT molecular complexity index is 598. The van der Waals surface area contributed by atoms with E-state index in [4.69, 9.17) is 0 Å². The highest BCUT2D eigenvalue weighted by Gasteiger charge is 2.12. The molecule has 0 saturated carbocycles. The third kappa shape index (κ3) is 3.33. The van der Waals surface area contributed by atoms with Gasteiger partial charge >= 0.3 is 5.97 Å². The van der Waals surface area contributed by atoms with Gasteiger partial charge in [0.25, 0.3) is 0 Å². The molecule has 6 heteroatoms. The lowest BCUT2D eigenvalue weighted by Gasteiger charge is -2.13. The molecule has 0 radical (unpaired) electrons. The fourth-order valence-electron chi connectivity index (χ4n) is 1.73. The number of hydrogen-bond donors (Lipinski definition) is 1. The van der Waals surface area contributed by atoms with Crippen molar-refractivity contribution in [2.75, 3.05) is 12.4 Å². The summed E-state index contributed by atoms with van der Waals surface area (Å²) in [5, 5.41) is 4.34. The third-order valence-corrected chi connectivity index (χ3v) is 4.15. The molecule has 0 aliphatic rings. The summed E-state index contributed by atoms with van der Waals surface area (Å²) >= 11 is 1.69. The fraction of sp³-hybridized carbons (Fsp3) is 0.357. The number of aromatic nitrogens is 2. The highest BCUT2D eigenvalue weighted by atomic mass is 32.1. The number of carbonyl (C=O) groups excluding carboxylic acids is 1. The predicted molar refractivity (Wildman–Crippen MR) is 79.1 cm³/mol. The van der Waals surface area contributed by atoms with Gasteiger partial charge in [0.05, 0.1) is 13.2 Å². The Hall–Kier alpha value is -1.95. The van der Waals surface area contributed by atoms with Gasteiger partial charge in [0.2, 0.25) is 0 Å². The van der Waals surface area contributed by atoms with E-state index in [0.29, 0.717) is 0 Å². The molecular formula is C14H17N3O2S. The number of esters is 1. The van der Waals surface area contributed by atoms with Crippen molar-refractivity contribution in [2.45, 2.75) is 26.3 Å². The molecule has 2 aromatic rings. The topological polar surface area (TPSA) is 64.1 Å². The molecule has 0 bridgehead atoms. The van der Waals surface area contributed by atoms with E-state index >= 15 is 0 Å². The van der Waals surface area contributed by atoms with Crippen LogP contribution in [-0.4, -0.2) is 23.0 Å². The van der Waals surface area contributed by atoms with E-state index < -0.39 is 5.97 Å². The summed E-state index contributed by atoms with van der Waals surface area (Å²) in [6.07, 6.45) is 4.48. The van der Waals surface area contributed by atoms with Gasteiger partial charge in [-0.25, -0.2) is 14.8 Å². The van der Waals surface area contributed by atoms with E-state index in [1.807, 2.05) is 19.2 Å². The molecule has 5 nitrogen and oxygen atoms in total. The van der Waals surface area contributed by atoms with E-state index in [-0.39, 0.29) is 11.7 Å². The molecule has 20 heavy (non-hydrogen) atoms. The maximum Gasteiger partial charge on any atom is 0.356 e. The van der Waals surface area contributed by atoms with Crippen molar-refractivity contribution >= 4 is 23.0 Å². The summed E-state index contributed by atoms with van der Waals surface area (Å²) in [6.45, 7) is 4.15. The molecular weight excluding hydrogens is 274 g/mol. The zero-order valence-corrected chi connectivity index (χ0v) is 12.5. The predicted octanol–water partition coefficient (Wildman–Crippen LogP) is 3.06. The quantitative estimate of drug-likeness (QED) is 0.858. The SMILES string of the molecule is CCc1cnc(C(C)Nc2ccnc(C(=O)OC)c2)s1. The number of ether oxygens (including phenoxy) is 1. The molecule has 0 saturated heterocycles. The van der Waals surface area contributed by atoms with Crippen molar-refractivity contribution in [2.24, 2.45) is 0 Å². The second-order valence-corrected chi connectivity index (χ2v) is 5.45. The van der Waals surface area contributed by atoms with Gasteiger partial charge < -0.3 is 10.1 Å². The lowest BCUT2D eigenvalue weighted by atomic mass is 10.2. The standard InChI is InChI=1S/C14H17N3O2S/c1-4-11-8-16-13(20-11)9(2)17-10-5-6-15-12(7-10)14(18)19-3/h5-9H,4H2,1-3H3,(H,15,17). The number of anilines is 1. The van der Waals surface area contributed by atoms with Gasteiger partial charge in [-0.15, -0.1) is 11.3 Å². The van der Waals surface area contributed by atoms with Gasteiger partial charge in [-0.05, 0) is 25.5 Å². The van der Waals surface area contributed by atoms with E-state index in [0.717, 1.165) is 17.1 Å². The molecule has 0 spiro atoms. The first-order chi connectivity index (χ1) is 9.63. The first-order valence-electron chi connectivity index (χ1n) is 6.39. The lowest BCUT2D eigenvalue weighted by Crippen LogP contribution is -2.09. The fourth-order valence-corrected chi connectivity index (χ4v) is 2.59. The number of methoxy groups -OCH3 is 1. The normalized spacial score (nSPS) is 11.9. The maximum atomic E-state index is 11.4. The summed E-state index contributed by atoms with van der Waals surface area (Å²) in [6, 6.07) is 3.57. The number of aryl methyl sites for hydroxylation is 1. The van der Waals surface area contributed by atoms with Crippen LogP contribution >= 0.6 is 11.3 Å². The Morgan fingerprint density at radius 1 is 1.50 bits per heavy atom. The van der Waals surface area contributed by atoms with E-state index in [9.17, 15) is 4.79 Å². The number of hydrogen-bond acceptors (Lipinski definition) is 6. The highest BCUT2D eigenvalue weighted by Crippen LogP contribution is 2.24. The summed E-state index contributed by atoms with van der Waals surface area (Å²) in [5.74, 6) is -0.441. The lowest BCUT2D eigenvalue weighted by molar-refractivity contribution is 0.0594. The van der Waals surface area contributed by atoms with Crippen molar-refractivity contribution in [1.82, 2.24) is 9.97 Å². The van der Waals surface area contributed by atoms with Crippen molar-refractivity contribution in [1.29, 1.82) is 0 Å². The molecule has 2 aromatic heterocycles. The molecule has 106 valence electrons. The van der Waals surface area contributed by atoms with Crippen LogP contribution in [0.15, 0.2) is 24.5 Å². The Labute approximate surface area is 122 Å². The van der Waals surface area contributed by atoms with Crippen LogP contribution < -0.4 is 5.32 Å². The van der Waals surface area contributed by atoms with Gasteiger partial charge in [0.15, 0.2) is 0 Å². The van der Waals surface area contributed by atoms with E-state index in [2.05, 4.69) is 26.9 Å². The van der Waals surface area contributed by atoms with Crippen molar-refractivity contribution < 1.29 is 9.53 Å². The third-order valence-electron chi connectivity index (χ3n) is 2.83. The van der Waals surface area contributed by atoms with Crippen LogP contribution in [0.25, 0.3) is 0 Å². The van der Waals surface area contributed by atoms with Gasteiger partial charge in [-0.1, -0.05) is 6.92 Å². The summed E-state index contributed by atoms with van der Waals surface area (Å²) in [4.78, 5) is 21.1. The minimum atomic E-state index is -0.441. The number of rotatable bonds is 5. The molecule has 0 aliphatic carbocycles. The maximum absolute atomic E-state index is 11.4. The summed E-state index contributed by atoms with van der Waals surface area (Å²) < 4.78 is 4.66. The molecule has 0 aliphatic heterocycles. The average molecular weight is 291 g/mol. The molecule has 1 unspecified atom stereocenters. The highest BCUT2D eigenvalue weighted by molar-refractivity contribution is 7.11. The molecule has 1 atom stereocenters. The zero-order chi connectivity index (χ0) is 14.5. The zero-order valence-electron chi connectivity index (χ0n) is 11.7. The first kappa shape index (κ1) is 14.5. The van der Waals surface area contributed by atoms with Crippen LogP contribution in [0, 0.1) is 0 Å². The second-order valence-electron chi connectivity index (χ2n) is 4.31. The number of carbonyl (C=O) groups is 1. The summed E-state index contributed by atoms with van der Waals surface area (Å²) in [5.41, 5.74) is 1.11. The van der Waals surface area contributed by atoms with Crippen LogP contribution in [0.3, 0.4) is 0 Å². The minimum absolute atomic E-state index is 0.0770. The van der Waals surface area contributed by atoms with Crippen LogP contribution in [0.2, 0.25) is 0 Å². The summed E-state index contributed by atoms with van der Waals surface area (Å²) in [7, 11) is 1.34. The van der Waals surface area contributed by atoms with E-state index in [1.165, 1.54) is 12.0 Å². The Morgan fingerprint density at radius 2 is 2.30 bits per heavy atom. The van der Waals surface area contributed by atoms with Crippen LogP contribution in [0.1, 0.15) is 40.3 Å². The van der Waals surface area contributed by atoms with Crippen molar-refractivity contribution in [3.63, 3.8) is 0 Å². The largest absolute Gasteiger partial charge is 0.464 e. The first-order valence-corrected chi connectivity index (χ1v) is 7.21. The van der Waals surface area contributed by atoms with Gasteiger partial charge in [0, 0.05) is 23.0 Å². The van der Waals surface area contributed by atoms with Gasteiger partial charge in [0.1, 0.15) is 10.7 Å². The Morgan fingerprint density at radius 3 is 2.95 bits per heavy atom. The number of thiazole rings is 1. The number of nitrogens with one attached hydrogen (secondary N) is 1. The van der Waals surface area contributed by atoms with Gasteiger partial charge in [-0.2, -0.15) is 0 Å². The second kappa shape index (κ2) is 6.47. The number of pyridine rings is 1. The molecule has 0 amide bonds. The van der Waals surface area contributed by atoms with Crippen LogP contribution in [0.5, 0.6) is 0 Å². The average Bonchev–Trinajstić information content (AvgIpc) is 2.95. The monoisotopic (exact) mass is 291 g/mol. The Balaban J connectivity index is 2.11. The molecule has 1 N–H and O–H groups in total. The van der Waals surface area contributed by atoms with Crippen molar-refractivity contribution in [3.05, 3.63) is 40.1 Å². The van der Waals surface area contributed by atoms with Crippen LogP contribution in [-0.2, 0) is 11.2 Å².